The lowest BCUT2D eigenvalue weighted by Crippen LogP contribution is -2.46. The Bertz CT molecular complexity index is 593. The molecule has 0 radical (unpaired) electrons. The van der Waals surface area contributed by atoms with E-state index in [-0.39, 0.29) is 0 Å². The number of piperazine rings is 1. The van der Waals surface area contributed by atoms with Crippen molar-refractivity contribution in [3.05, 3.63) is 36.9 Å². The molecular formula is C18H27N5O. The first-order chi connectivity index (χ1) is 11.8. The highest BCUT2D eigenvalue weighted by molar-refractivity contribution is 5.51. The van der Waals surface area contributed by atoms with Gasteiger partial charge in [0.05, 0.1) is 7.11 Å². The van der Waals surface area contributed by atoms with Gasteiger partial charge >= 0.3 is 0 Å². The monoisotopic (exact) mass is 329 g/mol. The molecule has 2 aromatic rings. The zero-order valence-corrected chi connectivity index (χ0v) is 14.5. The van der Waals surface area contributed by atoms with Crippen LogP contribution in [0.25, 0.3) is 0 Å². The Labute approximate surface area is 144 Å². The zero-order chi connectivity index (χ0) is 16.6. The topological polar surface area (TPSA) is 46.4 Å². The Kier molecular flexibility index (Phi) is 6.07. The van der Waals surface area contributed by atoms with Crippen LogP contribution < -0.4 is 9.64 Å². The molecule has 0 atom stereocenters. The quantitative estimate of drug-likeness (QED) is 0.695. The van der Waals surface area contributed by atoms with Gasteiger partial charge in [0.2, 0.25) is 0 Å². The van der Waals surface area contributed by atoms with Gasteiger partial charge in [0, 0.05) is 44.5 Å². The number of benzene rings is 1. The van der Waals surface area contributed by atoms with E-state index >= 15 is 0 Å². The van der Waals surface area contributed by atoms with Gasteiger partial charge in [-0.2, -0.15) is 5.10 Å². The van der Waals surface area contributed by atoms with Gasteiger partial charge in [0.1, 0.15) is 18.4 Å². The molecule has 6 heteroatoms. The van der Waals surface area contributed by atoms with Crippen LogP contribution in [0, 0.1) is 0 Å². The van der Waals surface area contributed by atoms with Gasteiger partial charge in [-0.15, -0.1) is 0 Å². The van der Waals surface area contributed by atoms with Crippen molar-refractivity contribution < 1.29 is 4.74 Å². The summed E-state index contributed by atoms with van der Waals surface area (Å²) in [5.41, 5.74) is 1.27. The lowest BCUT2D eigenvalue weighted by atomic mass is 10.2. The van der Waals surface area contributed by atoms with Crippen molar-refractivity contribution in [3.63, 3.8) is 0 Å². The molecule has 0 spiro atoms. The average molecular weight is 329 g/mol. The Morgan fingerprint density at radius 1 is 1.04 bits per heavy atom. The fourth-order valence-corrected chi connectivity index (χ4v) is 3.17. The highest BCUT2D eigenvalue weighted by atomic mass is 16.5. The van der Waals surface area contributed by atoms with Crippen LogP contribution in [0.5, 0.6) is 5.75 Å². The van der Waals surface area contributed by atoms with Crippen molar-refractivity contribution in [2.24, 2.45) is 0 Å². The maximum atomic E-state index is 5.32. The molecule has 1 aliphatic rings. The normalized spacial score (nSPS) is 15.6. The predicted octanol–water partition coefficient (Wildman–Crippen LogP) is 2.28. The van der Waals surface area contributed by atoms with Crippen molar-refractivity contribution in [2.45, 2.75) is 25.8 Å². The van der Waals surface area contributed by atoms with Crippen molar-refractivity contribution in [3.8, 4) is 5.75 Å². The van der Waals surface area contributed by atoms with Crippen molar-refractivity contribution in [2.75, 3.05) is 44.7 Å². The van der Waals surface area contributed by atoms with Crippen LogP contribution in [0.15, 0.2) is 36.9 Å². The van der Waals surface area contributed by atoms with Crippen LogP contribution in [0.1, 0.15) is 19.3 Å². The van der Waals surface area contributed by atoms with E-state index in [0.29, 0.717) is 0 Å². The van der Waals surface area contributed by atoms with Gasteiger partial charge in [0.15, 0.2) is 0 Å². The van der Waals surface area contributed by atoms with Crippen LogP contribution in [-0.4, -0.2) is 59.5 Å². The first-order valence-electron chi connectivity index (χ1n) is 8.79. The van der Waals surface area contributed by atoms with E-state index in [9.17, 15) is 0 Å². The smallest absolute Gasteiger partial charge is 0.137 e. The Hall–Kier alpha value is -2.08. The summed E-state index contributed by atoms with van der Waals surface area (Å²) in [5.74, 6) is 0.933. The predicted molar refractivity (Wildman–Crippen MR) is 95.5 cm³/mol. The average Bonchev–Trinajstić information content (AvgIpc) is 3.15. The molecule has 0 aliphatic carbocycles. The number of unbranched alkanes of at least 4 members (excludes halogenated alkanes) is 2. The van der Waals surface area contributed by atoms with Gasteiger partial charge in [0.25, 0.3) is 0 Å². The molecule has 3 rings (SSSR count). The van der Waals surface area contributed by atoms with Gasteiger partial charge in [-0.1, -0.05) is 12.5 Å². The van der Waals surface area contributed by atoms with Crippen LogP contribution in [0.2, 0.25) is 0 Å². The molecule has 0 N–H and O–H groups in total. The molecule has 24 heavy (non-hydrogen) atoms. The van der Waals surface area contributed by atoms with Crippen LogP contribution in [0.3, 0.4) is 0 Å². The second kappa shape index (κ2) is 8.68. The standard InChI is InChI=1S/C18H27N5O/c1-24-18-7-5-6-17(14-18)22-12-10-21(11-13-22)8-3-2-4-9-23-16-19-15-20-23/h5-7,14-16H,2-4,8-13H2,1H3. The molecule has 1 saturated heterocycles. The van der Waals surface area contributed by atoms with Crippen LogP contribution in [-0.2, 0) is 6.54 Å². The van der Waals surface area contributed by atoms with E-state index < -0.39 is 0 Å². The zero-order valence-electron chi connectivity index (χ0n) is 14.5. The summed E-state index contributed by atoms with van der Waals surface area (Å²) >= 11 is 0. The summed E-state index contributed by atoms with van der Waals surface area (Å²) in [4.78, 5) is 8.99. The molecule has 1 aromatic heterocycles. The fraction of sp³-hybridized carbons (Fsp3) is 0.556. The first-order valence-corrected chi connectivity index (χ1v) is 8.79. The highest BCUT2D eigenvalue weighted by Crippen LogP contribution is 2.22. The maximum Gasteiger partial charge on any atom is 0.137 e. The van der Waals surface area contributed by atoms with Crippen LogP contribution in [0.4, 0.5) is 5.69 Å². The van der Waals surface area contributed by atoms with Gasteiger partial charge in [-0.25, -0.2) is 4.98 Å². The third kappa shape index (κ3) is 4.71. The number of rotatable bonds is 8. The number of aromatic nitrogens is 3. The minimum atomic E-state index is 0.933. The summed E-state index contributed by atoms with van der Waals surface area (Å²) in [6.07, 6.45) is 7.07. The van der Waals surface area contributed by atoms with Gasteiger partial charge < -0.3 is 9.64 Å². The summed E-state index contributed by atoms with van der Waals surface area (Å²) in [6.45, 7) is 6.63. The van der Waals surface area contributed by atoms with E-state index in [0.717, 1.165) is 38.5 Å². The summed E-state index contributed by atoms with van der Waals surface area (Å²) in [5, 5.41) is 4.13. The molecule has 6 nitrogen and oxygen atoms in total. The molecule has 1 aliphatic heterocycles. The largest absolute Gasteiger partial charge is 0.497 e. The Morgan fingerprint density at radius 2 is 1.88 bits per heavy atom. The number of anilines is 1. The minimum absolute atomic E-state index is 0.933. The van der Waals surface area contributed by atoms with Crippen molar-refractivity contribution in [1.82, 2.24) is 19.7 Å². The lowest BCUT2D eigenvalue weighted by molar-refractivity contribution is 0.251. The van der Waals surface area contributed by atoms with E-state index in [1.165, 1.54) is 31.5 Å². The number of aryl methyl sites for hydroxylation is 1. The maximum absolute atomic E-state index is 5.32. The van der Waals surface area contributed by atoms with Crippen LogP contribution >= 0.6 is 0 Å². The van der Waals surface area contributed by atoms with Gasteiger partial charge in [-0.3, -0.25) is 9.58 Å². The third-order valence-electron chi connectivity index (χ3n) is 4.62. The summed E-state index contributed by atoms with van der Waals surface area (Å²) in [6, 6.07) is 8.36. The number of hydrogen-bond acceptors (Lipinski definition) is 5. The third-order valence-corrected chi connectivity index (χ3v) is 4.62. The molecule has 0 amide bonds. The van der Waals surface area contributed by atoms with Gasteiger partial charge in [-0.05, 0) is 31.5 Å². The molecule has 0 saturated carbocycles. The first kappa shape index (κ1) is 16.8. The second-order valence-corrected chi connectivity index (χ2v) is 6.25. The lowest BCUT2D eigenvalue weighted by Gasteiger charge is -2.36. The molecule has 2 heterocycles. The number of methoxy groups -OCH3 is 1. The van der Waals surface area contributed by atoms with Crippen molar-refractivity contribution >= 4 is 5.69 Å². The Morgan fingerprint density at radius 3 is 2.62 bits per heavy atom. The molecule has 0 bridgehead atoms. The van der Waals surface area contributed by atoms with E-state index in [1.54, 1.807) is 19.8 Å². The SMILES string of the molecule is COc1cccc(N2CCN(CCCCCn3cncn3)CC2)c1. The minimum Gasteiger partial charge on any atom is -0.497 e. The highest BCUT2D eigenvalue weighted by Gasteiger charge is 2.16. The number of nitrogens with zero attached hydrogens (tertiary/aromatic N) is 5. The van der Waals surface area contributed by atoms with E-state index in [1.807, 2.05) is 10.7 Å². The van der Waals surface area contributed by atoms with E-state index in [2.05, 4.69) is 38.1 Å². The molecule has 130 valence electrons. The fourth-order valence-electron chi connectivity index (χ4n) is 3.17. The van der Waals surface area contributed by atoms with E-state index in [4.69, 9.17) is 4.74 Å². The number of hydrogen-bond donors (Lipinski definition) is 0. The molecule has 1 aromatic carbocycles. The summed E-state index contributed by atoms with van der Waals surface area (Å²) in [7, 11) is 1.72. The Balaban J connectivity index is 1.33. The second-order valence-electron chi connectivity index (χ2n) is 6.25. The molecular weight excluding hydrogens is 302 g/mol. The molecule has 1 fully saturated rings. The number of ether oxygens (including phenoxy) is 1. The summed E-state index contributed by atoms with van der Waals surface area (Å²) < 4.78 is 7.23. The van der Waals surface area contributed by atoms with Crippen molar-refractivity contribution in [1.29, 1.82) is 0 Å². The molecule has 0 unspecified atom stereocenters.